The van der Waals surface area contributed by atoms with Gasteiger partial charge in [0.05, 0.1) is 25.3 Å². The third-order valence-corrected chi connectivity index (χ3v) is 6.96. The summed E-state index contributed by atoms with van der Waals surface area (Å²) in [5, 5.41) is 11.4. The third-order valence-electron chi connectivity index (χ3n) is 6.96. The van der Waals surface area contributed by atoms with E-state index in [9.17, 15) is 14.7 Å². The molecule has 8 nitrogen and oxygen atoms in total. The lowest BCUT2D eigenvalue weighted by atomic mass is 9.95. The Hall–Kier alpha value is -4.30. The zero-order chi connectivity index (χ0) is 29.4. The molecule has 0 aliphatic carbocycles. The number of rotatable bonds is 13. The van der Waals surface area contributed by atoms with E-state index >= 15 is 0 Å². The van der Waals surface area contributed by atoms with Gasteiger partial charge in [0.25, 0.3) is 11.7 Å². The Labute approximate surface area is 241 Å². The first-order chi connectivity index (χ1) is 19.8. The van der Waals surface area contributed by atoms with Gasteiger partial charge in [0, 0.05) is 18.7 Å². The fraction of sp³-hybridized carbons (Fsp3) is 0.333. The number of Topliss-reactive ketones (excluding diaryl/α,β-unsaturated/α-hetero) is 1. The van der Waals surface area contributed by atoms with Crippen LogP contribution in [-0.4, -0.2) is 67.5 Å². The number of hydrogen-bond acceptors (Lipinski definition) is 7. The number of likely N-dealkylation sites (tertiary alicyclic amines) is 1. The summed E-state index contributed by atoms with van der Waals surface area (Å²) < 4.78 is 17.4. The van der Waals surface area contributed by atoms with Crippen LogP contribution in [0.15, 0.2) is 78.4 Å². The van der Waals surface area contributed by atoms with Crippen LogP contribution >= 0.6 is 0 Å². The van der Waals surface area contributed by atoms with Crippen LogP contribution in [0.2, 0.25) is 0 Å². The van der Waals surface area contributed by atoms with Crippen molar-refractivity contribution >= 4 is 17.4 Å². The molecule has 3 aromatic carbocycles. The molecule has 8 heteroatoms. The smallest absolute Gasteiger partial charge is 0.295 e. The predicted molar refractivity (Wildman–Crippen MR) is 158 cm³/mol. The van der Waals surface area contributed by atoms with Gasteiger partial charge in [0.2, 0.25) is 0 Å². The molecule has 0 aromatic heterocycles. The zero-order valence-corrected chi connectivity index (χ0v) is 24.1. The SMILES string of the molecule is CCCCOc1ccc(/C(O)=C2\C(=O)C(=O)N(CCN(C)C)C2c2ccc(OCc3ccccc3)c(OC)c2)cc1. The molecule has 216 valence electrons. The Bertz CT molecular complexity index is 1370. The van der Waals surface area contributed by atoms with Crippen molar-refractivity contribution in [1.29, 1.82) is 0 Å². The van der Waals surface area contributed by atoms with E-state index in [1.165, 1.54) is 4.90 Å². The maximum atomic E-state index is 13.4. The van der Waals surface area contributed by atoms with Crippen LogP contribution in [-0.2, 0) is 16.2 Å². The van der Waals surface area contributed by atoms with Gasteiger partial charge in [-0.15, -0.1) is 0 Å². The monoisotopic (exact) mass is 558 g/mol. The van der Waals surface area contributed by atoms with Crippen LogP contribution in [0, 0.1) is 0 Å². The van der Waals surface area contributed by atoms with Crippen molar-refractivity contribution in [3.05, 3.63) is 95.1 Å². The second kappa shape index (κ2) is 13.9. The van der Waals surface area contributed by atoms with Crippen LogP contribution in [0.1, 0.15) is 42.5 Å². The van der Waals surface area contributed by atoms with Crippen molar-refractivity contribution in [3.8, 4) is 17.2 Å². The van der Waals surface area contributed by atoms with Crippen molar-refractivity contribution in [2.24, 2.45) is 0 Å². The van der Waals surface area contributed by atoms with Gasteiger partial charge in [-0.2, -0.15) is 0 Å². The number of likely N-dealkylation sites (N-methyl/N-ethyl adjacent to an activating group) is 1. The number of hydrogen-bond donors (Lipinski definition) is 1. The Morgan fingerprint density at radius 1 is 0.951 bits per heavy atom. The number of benzene rings is 3. The van der Waals surface area contributed by atoms with Gasteiger partial charge >= 0.3 is 0 Å². The van der Waals surface area contributed by atoms with E-state index in [0.717, 1.165) is 18.4 Å². The number of ether oxygens (including phenoxy) is 3. The Kier molecular flexibility index (Phi) is 10.0. The van der Waals surface area contributed by atoms with Crippen LogP contribution in [0.3, 0.4) is 0 Å². The number of carbonyl (C=O) groups excluding carboxylic acids is 2. The Morgan fingerprint density at radius 2 is 1.68 bits per heavy atom. The highest BCUT2D eigenvalue weighted by molar-refractivity contribution is 6.46. The first kappa shape index (κ1) is 29.7. The first-order valence-electron chi connectivity index (χ1n) is 13.8. The molecule has 1 unspecified atom stereocenters. The molecule has 0 radical (unpaired) electrons. The van der Waals surface area contributed by atoms with Crippen molar-refractivity contribution in [2.75, 3.05) is 40.9 Å². The van der Waals surface area contributed by atoms with Crippen LogP contribution in [0.25, 0.3) is 5.76 Å². The second-order valence-electron chi connectivity index (χ2n) is 10.2. The highest BCUT2D eigenvalue weighted by Crippen LogP contribution is 2.42. The summed E-state index contributed by atoms with van der Waals surface area (Å²) in [6, 6.07) is 21.2. The molecule has 0 spiro atoms. The van der Waals surface area contributed by atoms with Crippen molar-refractivity contribution < 1.29 is 28.9 Å². The molecular weight excluding hydrogens is 520 g/mol. The number of unbranched alkanes of at least 4 members (excludes halogenated alkanes) is 1. The normalized spacial score (nSPS) is 16.3. The van der Waals surface area contributed by atoms with Crippen molar-refractivity contribution in [3.63, 3.8) is 0 Å². The average Bonchev–Trinajstić information content (AvgIpc) is 3.24. The van der Waals surface area contributed by atoms with Gasteiger partial charge in [-0.3, -0.25) is 9.59 Å². The van der Waals surface area contributed by atoms with Gasteiger partial charge in [0.15, 0.2) is 11.5 Å². The van der Waals surface area contributed by atoms with E-state index in [2.05, 4.69) is 6.92 Å². The molecule has 4 rings (SSSR count). The molecule has 41 heavy (non-hydrogen) atoms. The number of methoxy groups -OCH3 is 1. The molecule has 0 bridgehead atoms. The lowest BCUT2D eigenvalue weighted by molar-refractivity contribution is -0.140. The van der Waals surface area contributed by atoms with E-state index in [0.29, 0.717) is 54.7 Å². The summed E-state index contributed by atoms with van der Waals surface area (Å²) in [7, 11) is 5.34. The van der Waals surface area contributed by atoms with E-state index in [4.69, 9.17) is 14.2 Å². The third kappa shape index (κ3) is 7.08. The molecule has 1 heterocycles. The van der Waals surface area contributed by atoms with Gasteiger partial charge in [-0.25, -0.2) is 0 Å². The molecule has 1 N–H and O–H groups in total. The molecule has 1 amide bonds. The first-order valence-corrected chi connectivity index (χ1v) is 13.8. The topological polar surface area (TPSA) is 88.5 Å². The van der Waals surface area contributed by atoms with Crippen molar-refractivity contribution in [2.45, 2.75) is 32.4 Å². The number of amides is 1. The summed E-state index contributed by atoms with van der Waals surface area (Å²) in [6.07, 6.45) is 1.97. The molecule has 1 aliphatic rings. The summed E-state index contributed by atoms with van der Waals surface area (Å²) in [6.45, 7) is 3.90. The number of aliphatic hydroxyl groups excluding tert-OH is 1. The highest BCUT2D eigenvalue weighted by atomic mass is 16.5. The molecule has 1 fully saturated rings. The summed E-state index contributed by atoms with van der Waals surface area (Å²) in [4.78, 5) is 30.1. The van der Waals surface area contributed by atoms with Crippen molar-refractivity contribution in [1.82, 2.24) is 9.80 Å². The number of nitrogens with zero attached hydrogens (tertiary/aromatic N) is 2. The summed E-state index contributed by atoms with van der Waals surface area (Å²) in [5.74, 6) is 0.0615. The molecule has 1 aliphatic heterocycles. The van der Waals surface area contributed by atoms with Crippen LogP contribution in [0.5, 0.6) is 17.2 Å². The van der Waals surface area contributed by atoms with Crippen LogP contribution in [0.4, 0.5) is 0 Å². The number of carbonyl (C=O) groups is 2. The molecule has 1 saturated heterocycles. The average molecular weight is 559 g/mol. The van der Waals surface area contributed by atoms with E-state index in [-0.39, 0.29) is 11.3 Å². The second-order valence-corrected chi connectivity index (χ2v) is 10.2. The van der Waals surface area contributed by atoms with E-state index < -0.39 is 17.7 Å². The Morgan fingerprint density at radius 3 is 2.34 bits per heavy atom. The van der Waals surface area contributed by atoms with Gasteiger partial charge in [0.1, 0.15) is 18.1 Å². The summed E-state index contributed by atoms with van der Waals surface area (Å²) in [5.41, 5.74) is 2.11. The standard InChI is InChI=1S/C33H38N2O6/c1-5-6-20-40-26-15-12-24(13-16-26)31(36)29-30(35(19-18-34(2)3)33(38)32(29)37)25-14-17-27(28(21-25)39-4)41-22-23-10-8-7-9-11-23/h7-17,21,30,36H,5-6,18-20,22H2,1-4H3/b31-29+. The fourth-order valence-electron chi connectivity index (χ4n) is 4.67. The summed E-state index contributed by atoms with van der Waals surface area (Å²) >= 11 is 0. The lowest BCUT2D eigenvalue weighted by Crippen LogP contribution is -2.35. The zero-order valence-electron chi connectivity index (χ0n) is 24.1. The Balaban J connectivity index is 1.70. The minimum atomic E-state index is -0.799. The van der Waals surface area contributed by atoms with Crippen LogP contribution < -0.4 is 14.2 Å². The molecular formula is C33H38N2O6. The maximum Gasteiger partial charge on any atom is 0.295 e. The highest BCUT2D eigenvalue weighted by Gasteiger charge is 2.46. The maximum absolute atomic E-state index is 13.4. The van der Waals surface area contributed by atoms with E-state index in [1.807, 2.05) is 49.3 Å². The van der Waals surface area contributed by atoms with Gasteiger partial charge in [-0.05, 0) is 68.0 Å². The predicted octanol–water partition coefficient (Wildman–Crippen LogP) is 5.44. The van der Waals surface area contributed by atoms with E-state index in [1.54, 1.807) is 49.6 Å². The largest absolute Gasteiger partial charge is 0.507 e. The number of ketones is 1. The quantitative estimate of drug-likeness (QED) is 0.129. The minimum Gasteiger partial charge on any atom is -0.507 e. The lowest BCUT2D eigenvalue weighted by Gasteiger charge is -2.27. The van der Waals surface area contributed by atoms with Gasteiger partial charge < -0.3 is 29.1 Å². The molecule has 0 saturated carbocycles. The van der Waals surface area contributed by atoms with Gasteiger partial charge in [-0.1, -0.05) is 49.7 Å². The number of aliphatic hydroxyl groups is 1. The molecule has 1 atom stereocenters. The minimum absolute atomic E-state index is 0.0356. The fourth-order valence-corrected chi connectivity index (χ4v) is 4.67. The molecule has 3 aromatic rings.